The summed E-state index contributed by atoms with van der Waals surface area (Å²) < 4.78 is 40.0. The average molecular weight is 393 g/mol. The first-order valence-electron chi connectivity index (χ1n) is 8.54. The van der Waals surface area contributed by atoms with Crippen molar-refractivity contribution in [1.29, 1.82) is 0 Å². The molecule has 0 radical (unpaired) electrons. The number of hydrogen-bond donors (Lipinski definition) is 1. The second-order valence-corrected chi connectivity index (χ2v) is 7.54. The van der Waals surface area contributed by atoms with E-state index in [1.807, 2.05) is 0 Å². The third kappa shape index (κ3) is 3.16. The molecule has 144 valence electrons. The Hall–Kier alpha value is -2.20. The second kappa shape index (κ2) is 6.75. The summed E-state index contributed by atoms with van der Waals surface area (Å²) >= 11 is 0. The molecular formula is C20H22F2NO3P. The number of esters is 1. The fourth-order valence-corrected chi connectivity index (χ4v) is 3.48. The maximum Gasteiger partial charge on any atom is 0.350 e. The highest BCUT2D eigenvalue weighted by molar-refractivity contribution is 7.27. The number of anilines is 1. The van der Waals surface area contributed by atoms with Gasteiger partial charge in [0.05, 0.1) is 12.8 Å². The SMILES string of the molecule is COC(=O)C1(Oc2cc(C)c(-c3c(C)c(F)c(C)c(P)c3F)cc2N)CC1. The van der Waals surface area contributed by atoms with E-state index in [-0.39, 0.29) is 27.7 Å². The van der Waals surface area contributed by atoms with Gasteiger partial charge in [0.25, 0.3) is 0 Å². The van der Waals surface area contributed by atoms with Gasteiger partial charge in [0.15, 0.2) is 0 Å². The summed E-state index contributed by atoms with van der Waals surface area (Å²) in [4.78, 5) is 11.9. The van der Waals surface area contributed by atoms with E-state index in [9.17, 15) is 13.6 Å². The van der Waals surface area contributed by atoms with Crippen LogP contribution in [0, 0.1) is 32.4 Å². The van der Waals surface area contributed by atoms with Gasteiger partial charge in [0, 0.05) is 23.7 Å². The van der Waals surface area contributed by atoms with Gasteiger partial charge in [0.1, 0.15) is 17.4 Å². The Morgan fingerprint density at radius 3 is 2.33 bits per heavy atom. The van der Waals surface area contributed by atoms with Gasteiger partial charge in [-0.25, -0.2) is 13.6 Å². The van der Waals surface area contributed by atoms with Crippen LogP contribution in [0.15, 0.2) is 12.1 Å². The smallest absolute Gasteiger partial charge is 0.350 e. The molecule has 2 N–H and O–H groups in total. The molecule has 0 aliphatic heterocycles. The maximum absolute atomic E-state index is 14.9. The lowest BCUT2D eigenvalue weighted by atomic mass is 9.93. The van der Waals surface area contributed by atoms with Gasteiger partial charge in [-0.05, 0) is 55.2 Å². The monoisotopic (exact) mass is 393 g/mol. The number of benzene rings is 2. The summed E-state index contributed by atoms with van der Waals surface area (Å²) in [6.45, 7) is 4.84. The molecule has 1 unspecified atom stereocenters. The predicted molar refractivity (Wildman–Crippen MR) is 104 cm³/mol. The number of rotatable bonds is 4. The van der Waals surface area contributed by atoms with Crippen LogP contribution >= 0.6 is 9.24 Å². The van der Waals surface area contributed by atoms with Crippen molar-refractivity contribution in [2.75, 3.05) is 12.8 Å². The van der Waals surface area contributed by atoms with Crippen LogP contribution in [0.3, 0.4) is 0 Å². The second-order valence-electron chi connectivity index (χ2n) is 6.96. The van der Waals surface area contributed by atoms with Crippen LogP contribution in [0.2, 0.25) is 0 Å². The van der Waals surface area contributed by atoms with Crippen molar-refractivity contribution >= 4 is 26.2 Å². The molecule has 1 aliphatic carbocycles. The van der Waals surface area contributed by atoms with Crippen molar-refractivity contribution in [1.82, 2.24) is 0 Å². The summed E-state index contributed by atoms with van der Waals surface area (Å²) in [5.74, 6) is -1.06. The van der Waals surface area contributed by atoms with Gasteiger partial charge in [-0.3, -0.25) is 0 Å². The predicted octanol–water partition coefficient (Wildman–Crippen LogP) is 3.72. The first-order chi connectivity index (χ1) is 12.6. The quantitative estimate of drug-likeness (QED) is 0.489. The molecule has 0 bridgehead atoms. The van der Waals surface area contributed by atoms with E-state index < -0.39 is 23.2 Å². The molecule has 0 aromatic heterocycles. The van der Waals surface area contributed by atoms with Crippen LogP contribution in [0.5, 0.6) is 5.75 Å². The highest BCUT2D eigenvalue weighted by Gasteiger charge is 2.54. The molecule has 1 fully saturated rings. The molecule has 0 spiro atoms. The third-order valence-corrected chi connectivity index (χ3v) is 5.77. The Labute approximate surface area is 159 Å². The lowest BCUT2D eigenvalue weighted by Gasteiger charge is -2.20. The molecule has 1 saturated carbocycles. The topological polar surface area (TPSA) is 61.5 Å². The molecule has 2 aromatic rings. The zero-order valence-corrected chi connectivity index (χ0v) is 16.9. The largest absolute Gasteiger partial charge is 0.473 e. The van der Waals surface area contributed by atoms with Crippen molar-refractivity contribution in [2.45, 2.75) is 39.2 Å². The minimum Gasteiger partial charge on any atom is -0.473 e. The molecule has 0 heterocycles. The number of hydrogen-bond acceptors (Lipinski definition) is 4. The van der Waals surface area contributed by atoms with E-state index in [0.29, 0.717) is 29.7 Å². The minimum atomic E-state index is -0.999. The lowest BCUT2D eigenvalue weighted by Crippen LogP contribution is -2.31. The van der Waals surface area contributed by atoms with Crippen molar-refractivity contribution in [2.24, 2.45) is 0 Å². The number of carbonyl (C=O) groups excluding carboxylic acids is 1. The number of nitrogens with two attached hydrogens (primary N) is 1. The molecule has 27 heavy (non-hydrogen) atoms. The summed E-state index contributed by atoms with van der Waals surface area (Å²) in [6, 6.07) is 3.20. The van der Waals surface area contributed by atoms with Crippen LogP contribution in [0.1, 0.15) is 29.5 Å². The fourth-order valence-electron chi connectivity index (χ4n) is 3.21. The first kappa shape index (κ1) is 19.6. The Balaban J connectivity index is 2.09. The van der Waals surface area contributed by atoms with Crippen molar-refractivity contribution in [3.8, 4) is 16.9 Å². The molecule has 7 heteroatoms. The Morgan fingerprint density at radius 2 is 1.78 bits per heavy atom. The zero-order chi connectivity index (χ0) is 20.1. The minimum absolute atomic E-state index is 0.174. The van der Waals surface area contributed by atoms with E-state index in [1.165, 1.54) is 14.0 Å². The van der Waals surface area contributed by atoms with Crippen LogP contribution in [-0.4, -0.2) is 18.7 Å². The van der Waals surface area contributed by atoms with Gasteiger partial charge < -0.3 is 15.2 Å². The Kier molecular flexibility index (Phi) is 4.89. The van der Waals surface area contributed by atoms with Crippen molar-refractivity contribution < 1.29 is 23.0 Å². The summed E-state index contributed by atoms with van der Waals surface area (Å²) in [5, 5.41) is 0.189. The molecule has 3 rings (SSSR count). The van der Waals surface area contributed by atoms with Crippen molar-refractivity contribution in [3.05, 3.63) is 40.5 Å². The summed E-state index contributed by atoms with van der Waals surface area (Å²) in [5.41, 5.74) is 7.17. The Bertz CT molecular complexity index is 926. The normalized spacial score (nSPS) is 14.8. The highest BCUT2D eigenvalue weighted by atomic mass is 31.0. The van der Waals surface area contributed by atoms with Crippen LogP contribution in [0.25, 0.3) is 11.1 Å². The molecule has 2 aromatic carbocycles. The van der Waals surface area contributed by atoms with Gasteiger partial charge in [-0.1, -0.05) is 0 Å². The Morgan fingerprint density at radius 1 is 1.15 bits per heavy atom. The first-order valence-corrected chi connectivity index (χ1v) is 9.12. The van der Waals surface area contributed by atoms with E-state index >= 15 is 0 Å². The maximum atomic E-state index is 14.9. The fraction of sp³-hybridized carbons (Fsp3) is 0.350. The van der Waals surface area contributed by atoms with Crippen LogP contribution in [-0.2, 0) is 9.53 Å². The molecule has 4 nitrogen and oxygen atoms in total. The van der Waals surface area contributed by atoms with Gasteiger partial charge in [-0.2, -0.15) is 0 Å². The number of aryl methyl sites for hydroxylation is 1. The van der Waals surface area contributed by atoms with Crippen LogP contribution in [0.4, 0.5) is 14.5 Å². The standard InChI is InChI=1S/C20H22F2NO3P/c1-9-7-14(26-20(5-6-20)19(24)25-4)13(23)8-12(9)15-10(2)16(21)11(3)18(27)17(15)22/h7-8H,5-6,23,27H2,1-4H3. The van der Waals surface area contributed by atoms with E-state index in [0.717, 1.165) is 0 Å². The number of halogens is 2. The van der Waals surface area contributed by atoms with E-state index in [2.05, 4.69) is 9.24 Å². The number of methoxy groups -OCH3 is 1. The molecule has 0 saturated heterocycles. The van der Waals surface area contributed by atoms with E-state index in [4.69, 9.17) is 15.2 Å². The molecule has 1 aliphatic rings. The number of carbonyl (C=O) groups is 1. The third-order valence-electron chi connectivity index (χ3n) is 5.09. The highest BCUT2D eigenvalue weighted by Crippen LogP contribution is 2.44. The van der Waals surface area contributed by atoms with Crippen LogP contribution < -0.4 is 15.8 Å². The summed E-state index contributed by atoms with van der Waals surface area (Å²) in [6.07, 6.45) is 1.10. The molecular weight excluding hydrogens is 371 g/mol. The zero-order valence-electron chi connectivity index (χ0n) is 15.7. The lowest BCUT2D eigenvalue weighted by molar-refractivity contribution is -0.151. The van der Waals surface area contributed by atoms with Gasteiger partial charge >= 0.3 is 5.97 Å². The van der Waals surface area contributed by atoms with Gasteiger partial charge in [-0.15, -0.1) is 9.24 Å². The number of nitrogen functional groups attached to an aromatic ring is 1. The molecule has 0 amide bonds. The average Bonchev–Trinajstić information content (AvgIpc) is 3.42. The van der Waals surface area contributed by atoms with Gasteiger partial charge in [0.2, 0.25) is 5.60 Å². The van der Waals surface area contributed by atoms with Crippen molar-refractivity contribution in [3.63, 3.8) is 0 Å². The van der Waals surface area contributed by atoms with E-state index in [1.54, 1.807) is 26.0 Å². The summed E-state index contributed by atoms with van der Waals surface area (Å²) in [7, 11) is 3.56. The molecule has 1 atom stereocenters. The number of ether oxygens (including phenoxy) is 2.